The summed E-state index contributed by atoms with van der Waals surface area (Å²) in [5.74, 6) is 0.812. The zero-order valence-corrected chi connectivity index (χ0v) is 15.9. The molecule has 2 unspecified atom stereocenters. The second kappa shape index (κ2) is 13.3. The molecule has 0 bridgehead atoms. The highest BCUT2D eigenvalue weighted by Crippen LogP contribution is 2.27. The van der Waals surface area contributed by atoms with Gasteiger partial charge in [-0.15, -0.1) is 0 Å². The van der Waals surface area contributed by atoms with Crippen molar-refractivity contribution in [1.82, 2.24) is 5.32 Å². The number of ether oxygens (including phenoxy) is 1. The summed E-state index contributed by atoms with van der Waals surface area (Å²) in [5, 5.41) is 14.1. The number of para-hydroxylation sites is 1. The van der Waals surface area contributed by atoms with Crippen molar-refractivity contribution in [3.05, 3.63) is 29.8 Å². The van der Waals surface area contributed by atoms with Crippen molar-refractivity contribution >= 4 is 0 Å². The van der Waals surface area contributed by atoms with Gasteiger partial charge in [0.2, 0.25) is 0 Å². The van der Waals surface area contributed by atoms with Gasteiger partial charge < -0.3 is 15.2 Å². The molecule has 0 aliphatic rings. The van der Waals surface area contributed by atoms with Crippen molar-refractivity contribution in [3.8, 4) is 5.75 Å². The lowest BCUT2D eigenvalue weighted by atomic mass is 10.0. The molecule has 2 N–H and O–H groups in total. The molecule has 0 amide bonds. The zero-order valence-electron chi connectivity index (χ0n) is 15.9. The number of rotatable bonds is 14. The number of aliphatic hydroxyl groups is 1. The Hall–Kier alpha value is -1.06. The second-order valence-corrected chi connectivity index (χ2v) is 6.70. The highest BCUT2D eigenvalue weighted by atomic mass is 16.5. The molecule has 1 aromatic rings. The number of hydrogen-bond donors (Lipinski definition) is 2. The first kappa shape index (κ1) is 21.0. The predicted molar refractivity (Wildman–Crippen MR) is 103 cm³/mol. The number of nitrogens with one attached hydrogen (secondary N) is 1. The molecular weight excluding hydrogens is 298 g/mol. The van der Waals surface area contributed by atoms with Crippen molar-refractivity contribution in [1.29, 1.82) is 0 Å². The van der Waals surface area contributed by atoms with E-state index in [0.29, 0.717) is 6.61 Å². The van der Waals surface area contributed by atoms with Crippen LogP contribution in [0.2, 0.25) is 0 Å². The van der Waals surface area contributed by atoms with Crippen LogP contribution < -0.4 is 10.1 Å². The monoisotopic (exact) mass is 335 g/mol. The van der Waals surface area contributed by atoms with Crippen LogP contribution in [0.4, 0.5) is 0 Å². The third-order valence-electron chi connectivity index (χ3n) is 4.46. The molecule has 0 fully saturated rings. The second-order valence-electron chi connectivity index (χ2n) is 6.70. The number of unbranched alkanes of at least 4 members (excludes halogenated alkanes) is 6. The van der Waals surface area contributed by atoms with Crippen LogP contribution in [0.15, 0.2) is 24.3 Å². The first-order valence-electron chi connectivity index (χ1n) is 9.83. The third-order valence-corrected chi connectivity index (χ3v) is 4.46. The minimum absolute atomic E-state index is 0.0246. The van der Waals surface area contributed by atoms with Crippen molar-refractivity contribution < 1.29 is 9.84 Å². The Morgan fingerprint density at radius 1 is 0.958 bits per heavy atom. The maximum atomic E-state index is 10.7. The van der Waals surface area contributed by atoms with E-state index in [1.54, 1.807) is 0 Å². The van der Waals surface area contributed by atoms with Crippen molar-refractivity contribution in [3.63, 3.8) is 0 Å². The van der Waals surface area contributed by atoms with Gasteiger partial charge in [0.25, 0.3) is 0 Å². The quantitative estimate of drug-likeness (QED) is 0.457. The van der Waals surface area contributed by atoms with Gasteiger partial charge in [-0.1, -0.05) is 70.6 Å². The van der Waals surface area contributed by atoms with E-state index in [-0.39, 0.29) is 6.04 Å². The van der Waals surface area contributed by atoms with Gasteiger partial charge in [0.05, 0.1) is 12.7 Å². The van der Waals surface area contributed by atoms with E-state index in [4.69, 9.17) is 4.74 Å². The van der Waals surface area contributed by atoms with Crippen LogP contribution >= 0.6 is 0 Å². The Balaban J connectivity index is 2.37. The van der Waals surface area contributed by atoms with Crippen LogP contribution in [0, 0.1) is 0 Å². The van der Waals surface area contributed by atoms with Crippen molar-refractivity contribution in [2.45, 2.75) is 84.3 Å². The largest absolute Gasteiger partial charge is 0.493 e. The molecule has 1 rings (SSSR count). The van der Waals surface area contributed by atoms with E-state index in [0.717, 1.165) is 30.7 Å². The third kappa shape index (κ3) is 8.16. The molecule has 0 heterocycles. The van der Waals surface area contributed by atoms with Gasteiger partial charge in [0.1, 0.15) is 5.75 Å². The highest BCUT2D eigenvalue weighted by molar-refractivity contribution is 5.35. The van der Waals surface area contributed by atoms with E-state index in [9.17, 15) is 5.11 Å². The van der Waals surface area contributed by atoms with Crippen LogP contribution in [0.3, 0.4) is 0 Å². The molecule has 0 aliphatic heterocycles. The standard InChI is InChI=1S/C21H37NO2/c1-4-6-8-9-10-13-16-22-18(3)21(23)19-14-11-12-15-20(19)24-17-7-5-2/h11-12,14-15,18,21-23H,4-10,13,16-17H2,1-3H3. The fourth-order valence-corrected chi connectivity index (χ4v) is 2.80. The summed E-state index contributed by atoms with van der Waals surface area (Å²) in [5.41, 5.74) is 0.886. The summed E-state index contributed by atoms with van der Waals surface area (Å²) in [6.07, 6.45) is 9.36. The van der Waals surface area contributed by atoms with Crippen molar-refractivity contribution in [2.24, 2.45) is 0 Å². The summed E-state index contributed by atoms with van der Waals surface area (Å²) in [4.78, 5) is 0. The molecule has 1 aromatic carbocycles. The normalized spacial score (nSPS) is 13.7. The fraction of sp³-hybridized carbons (Fsp3) is 0.714. The SMILES string of the molecule is CCCCCCCCNC(C)C(O)c1ccccc1OCCCC. The zero-order chi connectivity index (χ0) is 17.6. The fourth-order valence-electron chi connectivity index (χ4n) is 2.80. The van der Waals surface area contributed by atoms with Gasteiger partial charge in [0.15, 0.2) is 0 Å². The van der Waals surface area contributed by atoms with E-state index < -0.39 is 6.10 Å². The van der Waals surface area contributed by atoms with Crippen molar-refractivity contribution in [2.75, 3.05) is 13.2 Å². The highest BCUT2D eigenvalue weighted by Gasteiger charge is 2.19. The van der Waals surface area contributed by atoms with Crippen LogP contribution in [0.1, 0.15) is 83.8 Å². The summed E-state index contributed by atoms with van der Waals surface area (Å²) in [6.45, 7) is 8.11. The molecular formula is C21H37NO2. The summed E-state index contributed by atoms with van der Waals surface area (Å²) < 4.78 is 5.84. The van der Waals surface area contributed by atoms with Gasteiger partial charge in [-0.2, -0.15) is 0 Å². The molecule has 0 aromatic heterocycles. The Labute approximate surface area is 148 Å². The van der Waals surface area contributed by atoms with E-state index in [1.165, 1.54) is 38.5 Å². The van der Waals surface area contributed by atoms with Crippen LogP contribution in [0.5, 0.6) is 5.75 Å². The van der Waals surface area contributed by atoms with E-state index in [2.05, 4.69) is 19.2 Å². The summed E-state index contributed by atoms with van der Waals surface area (Å²) in [7, 11) is 0. The lowest BCUT2D eigenvalue weighted by Gasteiger charge is -2.23. The molecule has 0 saturated carbocycles. The topological polar surface area (TPSA) is 41.5 Å². The summed E-state index contributed by atoms with van der Waals surface area (Å²) >= 11 is 0. The smallest absolute Gasteiger partial charge is 0.125 e. The number of hydrogen-bond acceptors (Lipinski definition) is 3. The Morgan fingerprint density at radius 2 is 1.62 bits per heavy atom. The molecule has 24 heavy (non-hydrogen) atoms. The molecule has 0 aliphatic carbocycles. The molecule has 2 atom stereocenters. The minimum atomic E-state index is -0.539. The average Bonchev–Trinajstić information content (AvgIpc) is 2.61. The average molecular weight is 336 g/mol. The van der Waals surface area contributed by atoms with E-state index in [1.807, 2.05) is 31.2 Å². The van der Waals surface area contributed by atoms with Gasteiger partial charge in [-0.3, -0.25) is 0 Å². The first-order valence-corrected chi connectivity index (χ1v) is 9.83. The van der Waals surface area contributed by atoms with Crippen LogP contribution in [-0.4, -0.2) is 24.3 Å². The number of benzene rings is 1. The van der Waals surface area contributed by atoms with Gasteiger partial charge in [-0.05, 0) is 32.4 Å². The maximum Gasteiger partial charge on any atom is 0.125 e. The lowest BCUT2D eigenvalue weighted by Crippen LogP contribution is -2.33. The minimum Gasteiger partial charge on any atom is -0.493 e. The molecule has 3 nitrogen and oxygen atoms in total. The predicted octanol–water partition coefficient (Wildman–Crippen LogP) is 5.24. The maximum absolute atomic E-state index is 10.7. The molecule has 0 radical (unpaired) electrons. The van der Waals surface area contributed by atoms with Gasteiger partial charge in [-0.25, -0.2) is 0 Å². The first-order chi connectivity index (χ1) is 11.7. The Kier molecular flexibility index (Phi) is 11.6. The number of aliphatic hydroxyl groups excluding tert-OH is 1. The van der Waals surface area contributed by atoms with Crippen LogP contribution in [0.25, 0.3) is 0 Å². The summed E-state index contributed by atoms with van der Waals surface area (Å²) in [6, 6.07) is 7.87. The van der Waals surface area contributed by atoms with Gasteiger partial charge >= 0.3 is 0 Å². The Bertz CT molecular complexity index is 422. The van der Waals surface area contributed by atoms with E-state index >= 15 is 0 Å². The molecule has 138 valence electrons. The molecule has 0 saturated heterocycles. The van der Waals surface area contributed by atoms with Crippen LogP contribution in [-0.2, 0) is 0 Å². The lowest BCUT2D eigenvalue weighted by molar-refractivity contribution is 0.131. The molecule has 0 spiro atoms. The van der Waals surface area contributed by atoms with Gasteiger partial charge in [0, 0.05) is 11.6 Å². The molecule has 3 heteroatoms. The Morgan fingerprint density at radius 3 is 2.38 bits per heavy atom.